The SMILES string of the molecule is COC1(C(F)(F)F)CCN(CC(=O)Nc2ccc3c(c2)OCCO3)C1. The highest BCUT2D eigenvalue weighted by atomic mass is 19.4. The Morgan fingerprint density at radius 1 is 1.32 bits per heavy atom. The number of ether oxygens (including phenoxy) is 3. The van der Waals surface area contributed by atoms with E-state index in [9.17, 15) is 18.0 Å². The average Bonchev–Trinajstić information content (AvgIpc) is 2.99. The van der Waals surface area contributed by atoms with Gasteiger partial charge < -0.3 is 19.5 Å². The summed E-state index contributed by atoms with van der Waals surface area (Å²) in [7, 11) is 1.05. The Bertz CT molecular complexity index is 653. The standard InChI is InChI=1S/C16H19F3N2O4/c1-23-15(16(17,18)19)4-5-21(10-15)9-14(22)20-11-2-3-12-13(8-11)25-7-6-24-12/h2-3,8H,4-7,9-10H2,1H3,(H,20,22). The molecule has 2 heterocycles. The third-order valence-electron chi connectivity index (χ3n) is 4.41. The Morgan fingerprint density at radius 3 is 2.68 bits per heavy atom. The number of nitrogens with one attached hydrogen (secondary N) is 1. The second-order valence-corrected chi connectivity index (χ2v) is 6.06. The molecule has 1 unspecified atom stereocenters. The number of nitrogens with zero attached hydrogens (tertiary/aromatic N) is 1. The maximum atomic E-state index is 13.2. The minimum absolute atomic E-state index is 0.141. The lowest BCUT2D eigenvalue weighted by Crippen LogP contribution is -2.49. The molecule has 1 aromatic rings. The summed E-state index contributed by atoms with van der Waals surface area (Å²) in [6.45, 7) is 0.530. The smallest absolute Gasteiger partial charge is 0.418 e. The molecule has 0 aliphatic carbocycles. The summed E-state index contributed by atoms with van der Waals surface area (Å²) >= 11 is 0. The van der Waals surface area contributed by atoms with Crippen LogP contribution in [0.5, 0.6) is 11.5 Å². The molecule has 0 saturated carbocycles. The zero-order valence-electron chi connectivity index (χ0n) is 13.7. The second-order valence-electron chi connectivity index (χ2n) is 6.06. The Balaban J connectivity index is 1.58. The van der Waals surface area contributed by atoms with Crippen molar-refractivity contribution in [1.82, 2.24) is 4.90 Å². The van der Waals surface area contributed by atoms with Crippen molar-refractivity contribution in [3.8, 4) is 11.5 Å². The van der Waals surface area contributed by atoms with Gasteiger partial charge in [-0.05, 0) is 18.6 Å². The number of hydrogen-bond acceptors (Lipinski definition) is 5. The van der Waals surface area contributed by atoms with Gasteiger partial charge in [0.15, 0.2) is 17.1 Å². The predicted molar refractivity (Wildman–Crippen MR) is 82.9 cm³/mol. The van der Waals surface area contributed by atoms with Crippen LogP contribution in [0.3, 0.4) is 0 Å². The summed E-state index contributed by atoms with van der Waals surface area (Å²) < 4.78 is 55.0. The van der Waals surface area contributed by atoms with Crippen LogP contribution in [-0.2, 0) is 9.53 Å². The minimum atomic E-state index is -4.47. The van der Waals surface area contributed by atoms with Gasteiger partial charge in [0.1, 0.15) is 13.2 Å². The number of amides is 1. The summed E-state index contributed by atoms with van der Waals surface area (Å²) in [4.78, 5) is 13.6. The first-order valence-corrected chi connectivity index (χ1v) is 7.87. The number of halogens is 3. The Labute approximate surface area is 142 Å². The summed E-state index contributed by atoms with van der Waals surface area (Å²) in [5, 5.41) is 2.66. The van der Waals surface area contributed by atoms with E-state index in [1.165, 1.54) is 4.90 Å². The van der Waals surface area contributed by atoms with Crippen molar-refractivity contribution in [1.29, 1.82) is 0 Å². The number of rotatable bonds is 4. The molecule has 1 atom stereocenters. The first-order chi connectivity index (χ1) is 11.8. The molecular weight excluding hydrogens is 341 g/mol. The van der Waals surface area contributed by atoms with Gasteiger partial charge in [-0.2, -0.15) is 13.2 Å². The average molecular weight is 360 g/mol. The molecule has 25 heavy (non-hydrogen) atoms. The van der Waals surface area contributed by atoms with Gasteiger partial charge in [-0.1, -0.05) is 0 Å². The van der Waals surface area contributed by atoms with E-state index < -0.39 is 17.7 Å². The normalized spacial score (nSPS) is 23.5. The number of likely N-dealkylation sites (tertiary alicyclic amines) is 1. The largest absolute Gasteiger partial charge is 0.486 e. The number of methoxy groups -OCH3 is 1. The molecule has 138 valence electrons. The van der Waals surface area contributed by atoms with Gasteiger partial charge in [-0.15, -0.1) is 0 Å². The summed E-state index contributed by atoms with van der Waals surface area (Å²) in [5.41, 5.74) is -1.70. The Hall–Kier alpha value is -2.00. The van der Waals surface area contributed by atoms with Crippen LogP contribution in [0.25, 0.3) is 0 Å². The van der Waals surface area contributed by atoms with Crippen LogP contribution in [0.4, 0.5) is 18.9 Å². The molecule has 0 radical (unpaired) electrons. The molecule has 2 aliphatic heterocycles. The quantitative estimate of drug-likeness (QED) is 0.891. The molecule has 0 bridgehead atoms. The molecule has 1 N–H and O–H groups in total. The van der Waals surface area contributed by atoms with E-state index in [0.29, 0.717) is 30.4 Å². The number of fused-ring (bicyclic) bond motifs is 1. The molecule has 6 nitrogen and oxygen atoms in total. The van der Waals surface area contributed by atoms with Gasteiger partial charge in [-0.3, -0.25) is 9.69 Å². The molecule has 0 spiro atoms. The first kappa shape index (κ1) is 17.8. The van der Waals surface area contributed by atoms with Crippen molar-refractivity contribution >= 4 is 11.6 Å². The lowest BCUT2D eigenvalue weighted by molar-refractivity contribution is -0.263. The monoisotopic (exact) mass is 360 g/mol. The number of carbonyl (C=O) groups is 1. The maximum Gasteiger partial charge on any atom is 0.418 e. The van der Waals surface area contributed by atoms with Crippen molar-refractivity contribution < 1.29 is 32.2 Å². The number of carbonyl (C=O) groups excluding carboxylic acids is 1. The van der Waals surface area contributed by atoms with Crippen LogP contribution in [0.2, 0.25) is 0 Å². The minimum Gasteiger partial charge on any atom is -0.486 e. The Kier molecular flexibility index (Phi) is 4.79. The highest BCUT2D eigenvalue weighted by Crippen LogP contribution is 2.40. The Morgan fingerprint density at radius 2 is 2.04 bits per heavy atom. The number of alkyl halides is 3. The van der Waals surface area contributed by atoms with Crippen LogP contribution < -0.4 is 14.8 Å². The molecule has 1 saturated heterocycles. The first-order valence-electron chi connectivity index (χ1n) is 7.87. The fourth-order valence-electron chi connectivity index (χ4n) is 3.03. The highest BCUT2D eigenvalue weighted by molar-refractivity contribution is 5.92. The van der Waals surface area contributed by atoms with Crippen molar-refractivity contribution in [2.45, 2.75) is 18.2 Å². The van der Waals surface area contributed by atoms with Crippen LogP contribution in [0, 0.1) is 0 Å². The molecule has 9 heteroatoms. The van der Waals surface area contributed by atoms with Crippen LogP contribution >= 0.6 is 0 Å². The van der Waals surface area contributed by atoms with E-state index in [0.717, 1.165) is 7.11 Å². The van der Waals surface area contributed by atoms with E-state index in [2.05, 4.69) is 5.32 Å². The van der Waals surface area contributed by atoms with Crippen molar-refractivity contribution in [3.05, 3.63) is 18.2 Å². The molecule has 1 fully saturated rings. The van der Waals surface area contributed by atoms with E-state index in [1.54, 1.807) is 18.2 Å². The zero-order valence-corrected chi connectivity index (χ0v) is 13.7. The van der Waals surface area contributed by atoms with Gasteiger partial charge >= 0.3 is 6.18 Å². The van der Waals surface area contributed by atoms with E-state index in [1.807, 2.05) is 0 Å². The van der Waals surface area contributed by atoms with Gasteiger partial charge in [0.05, 0.1) is 6.54 Å². The van der Waals surface area contributed by atoms with E-state index in [4.69, 9.17) is 14.2 Å². The highest BCUT2D eigenvalue weighted by Gasteiger charge is 2.58. The molecule has 3 rings (SSSR count). The molecule has 2 aliphatic rings. The summed E-state index contributed by atoms with van der Waals surface area (Å²) in [6.07, 6.45) is -4.66. The van der Waals surface area contributed by atoms with Gasteiger partial charge in [0, 0.05) is 32.0 Å². The molecule has 0 aromatic heterocycles. The van der Waals surface area contributed by atoms with Crippen molar-refractivity contribution in [2.24, 2.45) is 0 Å². The van der Waals surface area contributed by atoms with Crippen molar-refractivity contribution in [2.75, 3.05) is 45.3 Å². The van der Waals surface area contributed by atoms with E-state index in [-0.39, 0.29) is 26.1 Å². The fourth-order valence-corrected chi connectivity index (χ4v) is 3.03. The zero-order chi connectivity index (χ0) is 18.1. The lowest BCUT2D eigenvalue weighted by atomic mass is 10.0. The summed E-state index contributed by atoms with van der Waals surface area (Å²) in [6, 6.07) is 4.97. The van der Waals surface area contributed by atoms with Crippen LogP contribution in [0.15, 0.2) is 18.2 Å². The van der Waals surface area contributed by atoms with Crippen LogP contribution in [-0.4, -0.2) is 62.5 Å². The van der Waals surface area contributed by atoms with Crippen molar-refractivity contribution in [3.63, 3.8) is 0 Å². The van der Waals surface area contributed by atoms with Gasteiger partial charge in [0.2, 0.25) is 5.91 Å². The molecule has 1 aromatic carbocycles. The lowest BCUT2D eigenvalue weighted by Gasteiger charge is -2.30. The molecule has 1 amide bonds. The third kappa shape index (κ3) is 3.67. The van der Waals surface area contributed by atoms with Gasteiger partial charge in [-0.25, -0.2) is 0 Å². The summed E-state index contributed by atoms with van der Waals surface area (Å²) in [5.74, 6) is 0.727. The maximum absolute atomic E-state index is 13.2. The fraction of sp³-hybridized carbons (Fsp3) is 0.562. The van der Waals surface area contributed by atoms with E-state index >= 15 is 0 Å². The number of hydrogen-bond donors (Lipinski definition) is 1. The number of anilines is 1. The predicted octanol–water partition coefficient (Wildman–Crippen LogP) is 2.05. The van der Waals surface area contributed by atoms with Gasteiger partial charge in [0.25, 0.3) is 0 Å². The van der Waals surface area contributed by atoms with Crippen LogP contribution in [0.1, 0.15) is 6.42 Å². The second kappa shape index (κ2) is 6.72. The molecular formula is C16H19F3N2O4. The topological polar surface area (TPSA) is 60.0 Å². The third-order valence-corrected chi connectivity index (χ3v) is 4.41. The number of benzene rings is 1.